The van der Waals surface area contributed by atoms with Gasteiger partial charge in [-0.2, -0.15) is 0 Å². The van der Waals surface area contributed by atoms with E-state index in [4.69, 9.17) is 19.0 Å². The van der Waals surface area contributed by atoms with Crippen LogP contribution >= 0.6 is 22.7 Å². The predicted molar refractivity (Wildman–Crippen MR) is 220 cm³/mol. The average molecular weight is 710 g/mol. The molecule has 0 N–H and O–H groups in total. The summed E-state index contributed by atoms with van der Waals surface area (Å²) in [4.78, 5) is 9.37. The van der Waals surface area contributed by atoms with Crippen LogP contribution < -0.4 is 0 Å². The van der Waals surface area contributed by atoms with E-state index in [0.29, 0.717) is 38.2 Å². The smallest absolute Gasteiger partial charge is 0.180 e. The standard InChI is InChI=1S/C46H25N3OS2/c1-4-16-36-34(13-1)41-37(21-20-33-31-12-3-6-18-40(31)52-46(33)41)49(36)28-19-22-38-35(24-28)43-44(50-38)42(47-25-48-43)27-10-7-9-26(23-27)29-14-8-15-32-30-11-2-5-17-39(30)51-45(29)32/h1-25H/i1D,3D,4D,6D,12D,13D,16D,18D,20D,21D. The number of rotatable bonds is 3. The van der Waals surface area contributed by atoms with Crippen molar-refractivity contribution < 1.29 is 18.1 Å². The molecule has 0 saturated carbocycles. The van der Waals surface area contributed by atoms with Gasteiger partial charge in [-0.1, -0.05) is 96.9 Å². The highest BCUT2D eigenvalue weighted by Crippen LogP contribution is 2.45. The third-order valence-electron chi connectivity index (χ3n) is 9.81. The van der Waals surface area contributed by atoms with Gasteiger partial charge in [0.05, 0.1) is 24.7 Å². The minimum atomic E-state index is -0.480. The van der Waals surface area contributed by atoms with Gasteiger partial charge in [-0.15, -0.1) is 22.7 Å². The molecule has 0 aliphatic rings. The number of thiophene rings is 2. The number of para-hydroxylation sites is 1. The van der Waals surface area contributed by atoms with Gasteiger partial charge >= 0.3 is 0 Å². The van der Waals surface area contributed by atoms with E-state index in [-0.39, 0.29) is 73.5 Å². The van der Waals surface area contributed by atoms with Crippen LogP contribution in [0.4, 0.5) is 0 Å². The summed E-state index contributed by atoms with van der Waals surface area (Å²) in [5.41, 5.74) is 5.61. The second kappa shape index (κ2) is 10.6. The first kappa shape index (κ1) is 20.5. The van der Waals surface area contributed by atoms with Gasteiger partial charge in [0, 0.05) is 67.8 Å². The van der Waals surface area contributed by atoms with Crippen LogP contribution in [0.3, 0.4) is 0 Å². The van der Waals surface area contributed by atoms with Crippen LogP contribution in [-0.2, 0) is 0 Å². The van der Waals surface area contributed by atoms with Gasteiger partial charge in [0.25, 0.3) is 0 Å². The summed E-state index contributed by atoms with van der Waals surface area (Å²) in [5.74, 6) is 0. The lowest BCUT2D eigenvalue weighted by Gasteiger charge is -2.08. The Balaban J connectivity index is 1.10. The van der Waals surface area contributed by atoms with Crippen LogP contribution in [0.2, 0.25) is 0 Å². The van der Waals surface area contributed by atoms with E-state index in [9.17, 15) is 4.11 Å². The van der Waals surface area contributed by atoms with Gasteiger partial charge in [0.2, 0.25) is 0 Å². The second-order valence-electron chi connectivity index (χ2n) is 12.6. The van der Waals surface area contributed by atoms with Crippen molar-refractivity contribution in [3.8, 4) is 28.1 Å². The largest absolute Gasteiger partial charge is 0.452 e. The van der Waals surface area contributed by atoms with E-state index in [1.807, 2.05) is 12.1 Å². The molecule has 12 rings (SSSR count). The van der Waals surface area contributed by atoms with Crippen molar-refractivity contribution in [1.29, 1.82) is 0 Å². The first-order valence-electron chi connectivity index (χ1n) is 21.5. The van der Waals surface area contributed by atoms with Crippen LogP contribution in [0.5, 0.6) is 0 Å². The Morgan fingerprint density at radius 2 is 1.40 bits per heavy atom. The molecule has 0 unspecified atom stereocenters. The minimum absolute atomic E-state index is 0.0800. The van der Waals surface area contributed by atoms with Crippen molar-refractivity contribution in [1.82, 2.24) is 14.5 Å². The Morgan fingerprint density at radius 3 is 2.38 bits per heavy atom. The molecule has 0 fully saturated rings. The third-order valence-corrected chi connectivity index (χ3v) is 12.2. The summed E-state index contributed by atoms with van der Waals surface area (Å²) >= 11 is 2.78. The number of benzene rings is 7. The zero-order chi connectivity index (χ0) is 42.6. The Morgan fingerprint density at radius 1 is 0.577 bits per heavy atom. The zero-order valence-electron chi connectivity index (χ0n) is 36.7. The number of hydrogen-bond donors (Lipinski definition) is 0. The highest BCUT2D eigenvalue weighted by atomic mass is 32.1. The fraction of sp³-hybridized carbons (Fsp3) is 0. The molecular weight excluding hydrogens is 675 g/mol. The number of furan rings is 1. The molecule has 0 radical (unpaired) electrons. The SMILES string of the molecule is [2H]c1c([2H])c([2H])c2c(sc3c2c([2H])c([2H])c2c3c3c([2H])c([2H])c([2H])c([2H])c3n2-c2ccc3oc4c(-c5cccc(-c6cccc7c6sc6ccccc67)c5)ncnc4c3c2)c1[2H]. The number of nitrogens with zero attached hydrogens (tertiary/aromatic N) is 3. The lowest BCUT2D eigenvalue weighted by atomic mass is 9.99. The molecule has 4 nitrogen and oxygen atoms in total. The van der Waals surface area contributed by atoms with E-state index in [1.165, 1.54) is 26.5 Å². The van der Waals surface area contributed by atoms with Gasteiger partial charge in [-0.05, 0) is 59.6 Å². The van der Waals surface area contributed by atoms with Crippen molar-refractivity contribution in [3.05, 3.63) is 152 Å². The van der Waals surface area contributed by atoms with Crippen LogP contribution in [0.1, 0.15) is 13.7 Å². The fourth-order valence-corrected chi connectivity index (χ4v) is 9.90. The molecular formula is C46H25N3OS2. The maximum absolute atomic E-state index is 9.46. The van der Waals surface area contributed by atoms with Crippen molar-refractivity contribution in [2.24, 2.45) is 0 Å². The monoisotopic (exact) mass is 709 g/mol. The summed E-state index contributed by atoms with van der Waals surface area (Å²) < 4.78 is 99.6. The van der Waals surface area contributed by atoms with Gasteiger partial charge < -0.3 is 8.98 Å². The molecule has 242 valence electrons. The molecule has 0 saturated heterocycles. The van der Waals surface area contributed by atoms with Gasteiger partial charge in [-0.3, -0.25) is 0 Å². The molecule has 0 aliphatic carbocycles. The summed E-state index contributed by atoms with van der Waals surface area (Å²) in [5, 5.41) is 3.61. The van der Waals surface area contributed by atoms with Crippen molar-refractivity contribution in [2.45, 2.75) is 0 Å². The average Bonchev–Trinajstić information content (AvgIpc) is 4.07. The molecule has 0 atom stereocenters. The molecule has 5 heterocycles. The van der Waals surface area contributed by atoms with Gasteiger partial charge in [0.15, 0.2) is 5.58 Å². The molecule has 5 aromatic heterocycles. The fourth-order valence-electron chi connectivity index (χ4n) is 7.55. The topological polar surface area (TPSA) is 43.9 Å². The predicted octanol–water partition coefficient (Wildman–Crippen LogP) is 13.5. The highest BCUT2D eigenvalue weighted by Gasteiger charge is 2.20. The van der Waals surface area contributed by atoms with E-state index in [0.717, 1.165) is 28.0 Å². The Hall–Kier alpha value is -6.34. The van der Waals surface area contributed by atoms with Crippen molar-refractivity contribution in [3.63, 3.8) is 0 Å². The molecule has 6 heteroatoms. The van der Waals surface area contributed by atoms with Crippen LogP contribution in [-0.4, -0.2) is 14.5 Å². The molecule has 12 aromatic rings. The number of hydrogen-bond acceptors (Lipinski definition) is 5. The third kappa shape index (κ3) is 3.90. The van der Waals surface area contributed by atoms with E-state index < -0.39 is 24.2 Å². The molecule has 52 heavy (non-hydrogen) atoms. The van der Waals surface area contributed by atoms with E-state index >= 15 is 0 Å². The van der Waals surface area contributed by atoms with Crippen LogP contribution in [0, 0.1) is 0 Å². The summed E-state index contributed by atoms with van der Waals surface area (Å²) in [7, 11) is 0. The van der Waals surface area contributed by atoms with Crippen molar-refractivity contribution >= 4 is 107 Å². The van der Waals surface area contributed by atoms with Gasteiger partial charge in [0.1, 0.15) is 23.1 Å². The first-order valence-corrected chi connectivity index (χ1v) is 18.1. The number of aromatic nitrogens is 3. The maximum Gasteiger partial charge on any atom is 0.180 e. The first-order chi connectivity index (χ1) is 29.9. The van der Waals surface area contributed by atoms with Crippen LogP contribution in [0.25, 0.3) is 112 Å². The number of fused-ring (bicyclic) bond motifs is 13. The zero-order valence-corrected chi connectivity index (χ0v) is 28.4. The van der Waals surface area contributed by atoms with Crippen molar-refractivity contribution in [2.75, 3.05) is 0 Å². The molecule has 0 aliphatic heterocycles. The second-order valence-corrected chi connectivity index (χ2v) is 14.7. The summed E-state index contributed by atoms with van der Waals surface area (Å²) in [6.45, 7) is 0. The molecule has 0 amide bonds. The Kier molecular flexibility index (Phi) is 4.17. The Bertz CT molecular complexity index is 4020. The summed E-state index contributed by atoms with van der Waals surface area (Å²) in [6, 6.07) is 24.4. The van der Waals surface area contributed by atoms with E-state index in [1.54, 1.807) is 34.1 Å². The lowest BCUT2D eigenvalue weighted by Crippen LogP contribution is -1.93. The molecule has 0 spiro atoms. The normalized spacial score (nSPS) is 14.9. The summed E-state index contributed by atoms with van der Waals surface area (Å²) in [6.07, 6.45) is 1.48. The molecule has 0 bridgehead atoms. The highest BCUT2D eigenvalue weighted by molar-refractivity contribution is 7.27. The quantitative estimate of drug-likeness (QED) is 0.183. The maximum atomic E-state index is 9.46. The Labute approximate surface area is 318 Å². The van der Waals surface area contributed by atoms with E-state index in [2.05, 4.69) is 59.6 Å². The van der Waals surface area contributed by atoms with Crippen LogP contribution in [0.15, 0.2) is 156 Å². The minimum Gasteiger partial charge on any atom is -0.452 e. The lowest BCUT2D eigenvalue weighted by molar-refractivity contribution is 0.667. The molecule has 7 aromatic carbocycles. The van der Waals surface area contributed by atoms with Gasteiger partial charge in [-0.25, -0.2) is 9.97 Å².